The third-order valence-electron chi connectivity index (χ3n) is 12.5. The molecular formula is C57H49N7O12. The van der Waals surface area contributed by atoms with E-state index in [2.05, 4.69) is 16.0 Å². The first-order chi connectivity index (χ1) is 36.9. The van der Waals surface area contributed by atoms with Gasteiger partial charge in [-0.2, -0.15) is 0 Å². The number of carboxylic acid groups (broad SMARTS) is 1. The molecule has 0 aromatic heterocycles. The third-order valence-corrected chi connectivity index (χ3v) is 12.5. The number of hydrogen-bond donors (Lipinski definition) is 4. The fourth-order valence-corrected chi connectivity index (χ4v) is 8.92. The third kappa shape index (κ3) is 12.1. The molecule has 4 N–H and O–H groups in total. The first-order valence-electron chi connectivity index (χ1n) is 23.8. The Morgan fingerprint density at radius 3 is 1.46 bits per heavy atom. The number of nitrogens with zero attached hydrogens (tertiary/aromatic N) is 4. The predicted molar refractivity (Wildman–Crippen MR) is 281 cm³/mol. The van der Waals surface area contributed by atoms with Crippen LogP contribution in [0, 0.1) is 0 Å². The van der Waals surface area contributed by atoms with E-state index in [0.29, 0.717) is 52.7 Å². The molecule has 19 heteroatoms. The first kappa shape index (κ1) is 52.3. The largest absolute Gasteiger partial charge is 0.481 e. The molecule has 7 aromatic carbocycles. The van der Waals surface area contributed by atoms with Crippen molar-refractivity contribution in [1.82, 2.24) is 16.0 Å². The van der Waals surface area contributed by atoms with Crippen LogP contribution in [-0.4, -0.2) is 110 Å². The Balaban J connectivity index is 0.000000201. The van der Waals surface area contributed by atoms with Crippen molar-refractivity contribution in [3.63, 3.8) is 0 Å². The highest BCUT2D eigenvalue weighted by molar-refractivity contribution is 6.13. The highest BCUT2D eigenvalue weighted by Crippen LogP contribution is 2.34. The van der Waals surface area contributed by atoms with Crippen LogP contribution in [0.5, 0.6) is 0 Å². The number of aliphatic carboxylic acids is 1. The minimum absolute atomic E-state index is 0.0606. The molecule has 9 rings (SSSR count). The second-order valence-electron chi connectivity index (χ2n) is 17.5. The molecule has 0 saturated carbocycles. The molecule has 76 heavy (non-hydrogen) atoms. The zero-order chi connectivity index (χ0) is 53.7. The smallest absolute Gasteiger partial charge is 0.326 e. The lowest BCUT2D eigenvalue weighted by atomic mass is 10.0. The summed E-state index contributed by atoms with van der Waals surface area (Å²) in [6, 6.07) is 44.1. The number of nitrogens with one attached hydrogen (secondary N) is 3. The van der Waals surface area contributed by atoms with E-state index in [1.807, 2.05) is 78.9 Å². The molecule has 384 valence electrons. The molecule has 0 fully saturated rings. The summed E-state index contributed by atoms with van der Waals surface area (Å²) in [4.78, 5) is 131. The Morgan fingerprint density at radius 1 is 0.553 bits per heavy atom. The molecule has 7 aromatic rings. The number of carboxylic acids is 1. The van der Waals surface area contributed by atoms with Gasteiger partial charge < -0.3 is 40.4 Å². The summed E-state index contributed by atoms with van der Waals surface area (Å²) in [6.45, 7) is -1.18. The highest BCUT2D eigenvalue weighted by atomic mass is 16.5. The van der Waals surface area contributed by atoms with Crippen molar-refractivity contribution in [2.75, 3.05) is 45.8 Å². The van der Waals surface area contributed by atoms with Gasteiger partial charge >= 0.3 is 11.9 Å². The monoisotopic (exact) mass is 1020 g/mol. The number of rotatable bonds is 16. The normalized spacial score (nSPS) is 15.3. The van der Waals surface area contributed by atoms with Crippen LogP contribution in [0.1, 0.15) is 32.7 Å². The molecule has 2 aliphatic heterocycles. The van der Waals surface area contributed by atoms with Gasteiger partial charge in [0.1, 0.15) is 38.1 Å². The average Bonchev–Trinajstić information content (AvgIpc) is 3.64. The quantitative estimate of drug-likeness (QED) is 0.0753. The number of carbonyl (C=O) groups is 10. The fraction of sp³-hybridized carbons (Fsp3) is 0.158. The van der Waals surface area contributed by atoms with Crippen LogP contribution >= 0.6 is 0 Å². The van der Waals surface area contributed by atoms with E-state index in [0.717, 1.165) is 26.6 Å². The summed E-state index contributed by atoms with van der Waals surface area (Å²) >= 11 is 0. The molecule has 3 atom stereocenters. The van der Waals surface area contributed by atoms with E-state index in [-0.39, 0.29) is 31.9 Å². The van der Waals surface area contributed by atoms with Crippen LogP contribution in [-0.2, 0) is 49.7 Å². The number of para-hydroxylation sites is 4. The number of esters is 1. The van der Waals surface area contributed by atoms with E-state index in [9.17, 15) is 47.9 Å². The summed E-state index contributed by atoms with van der Waals surface area (Å²) in [5, 5.41) is 19.9. The second kappa shape index (κ2) is 24.1. The average molecular weight is 1020 g/mol. The van der Waals surface area contributed by atoms with E-state index in [4.69, 9.17) is 9.84 Å². The summed E-state index contributed by atoms with van der Waals surface area (Å²) in [5.41, 5.74) is 2.96. The van der Waals surface area contributed by atoms with Gasteiger partial charge in [-0.25, -0.2) is 0 Å². The molecule has 0 saturated heterocycles. The van der Waals surface area contributed by atoms with Gasteiger partial charge in [0.05, 0.1) is 48.3 Å². The maximum absolute atomic E-state index is 13.8. The van der Waals surface area contributed by atoms with Crippen molar-refractivity contribution in [1.29, 1.82) is 0 Å². The number of benzene rings is 7. The van der Waals surface area contributed by atoms with Gasteiger partial charge in [-0.15, -0.1) is 0 Å². The van der Waals surface area contributed by atoms with Gasteiger partial charge in [0.2, 0.25) is 18.7 Å². The van der Waals surface area contributed by atoms with Crippen molar-refractivity contribution in [3.8, 4) is 0 Å². The molecule has 7 amide bonds. The second-order valence-corrected chi connectivity index (χ2v) is 17.5. The van der Waals surface area contributed by atoms with Crippen molar-refractivity contribution in [3.05, 3.63) is 180 Å². The SMILES string of the molecule is O=CN1CC(NC(=O)c2cccc3ccccc23)C(=O)N(CC(=O)OCc2ccccc2)c2ccccc21.O=C[C@H](CC(=O)O)NC(=O)CN1C(=O)C(NC(=O)c2cccc3ccccc23)CN(C=O)c2ccccc21. The number of anilines is 4. The minimum atomic E-state index is -1.29. The maximum Gasteiger partial charge on any atom is 0.326 e. The number of carbonyl (C=O) groups excluding carboxylic acids is 9. The standard InChI is InChI=1S/C30H25N3O5.C27H24N4O7/c34-20-32-17-25(31-29(36)24-14-8-12-22-11-4-5-13-23(22)24)30(37)33(27-16-7-6-15-26(27)32)18-28(35)38-19-21-9-2-1-3-10-21;32-15-18(12-25(35)36)28-24(34)14-31-23-11-4-3-10-22(23)30(16-33)13-21(27(31)38)29-26(37)20-9-5-7-17-6-1-2-8-19(17)20/h1-16,20,25H,17-19H2,(H,31,36);1-11,15-16,18,21H,12-14H2,(H,28,34)(H,29,37)(H,35,36)/t;18-,21?/m.0/s1. The molecule has 0 radical (unpaired) electrons. The number of aldehydes is 1. The van der Waals surface area contributed by atoms with Crippen LogP contribution in [0.2, 0.25) is 0 Å². The highest BCUT2D eigenvalue weighted by Gasteiger charge is 2.38. The summed E-state index contributed by atoms with van der Waals surface area (Å²) in [6.07, 6.45) is 0.816. The van der Waals surface area contributed by atoms with Crippen molar-refractivity contribution < 1.29 is 57.8 Å². The number of ether oxygens (including phenoxy) is 1. The Kier molecular flexibility index (Phi) is 16.6. The van der Waals surface area contributed by atoms with Gasteiger partial charge in [-0.1, -0.05) is 127 Å². The molecule has 0 spiro atoms. The van der Waals surface area contributed by atoms with Crippen molar-refractivity contribution in [2.45, 2.75) is 31.2 Å². The van der Waals surface area contributed by atoms with Crippen LogP contribution < -0.4 is 35.6 Å². The Hall–Kier alpha value is -10.0. The lowest BCUT2D eigenvalue weighted by Crippen LogP contribution is -2.54. The molecular weight excluding hydrogens is 975 g/mol. The fourth-order valence-electron chi connectivity index (χ4n) is 8.92. The van der Waals surface area contributed by atoms with Gasteiger partial charge in [-0.3, -0.25) is 53.0 Å². The minimum Gasteiger partial charge on any atom is -0.481 e. The van der Waals surface area contributed by atoms with Gasteiger partial charge in [0, 0.05) is 11.1 Å². The molecule has 2 unspecified atom stereocenters. The molecule has 0 aliphatic carbocycles. The van der Waals surface area contributed by atoms with Gasteiger partial charge in [-0.05, 0) is 63.5 Å². The maximum atomic E-state index is 13.8. The lowest BCUT2D eigenvalue weighted by Gasteiger charge is -2.25. The summed E-state index contributed by atoms with van der Waals surface area (Å²) in [7, 11) is 0. The van der Waals surface area contributed by atoms with Crippen LogP contribution in [0.25, 0.3) is 21.5 Å². The van der Waals surface area contributed by atoms with Crippen molar-refractivity contribution >= 4 is 105 Å². The topological polar surface area (TPSA) is 249 Å². The lowest BCUT2D eigenvalue weighted by molar-refractivity contribution is -0.144. The Labute approximate surface area is 434 Å². The number of fused-ring (bicyclic) bond motifs is 4. The zero-order valence-corrected chi connectivity index (χ0v) is 40.5. The van der Waals surface area contributed by atoms with Gasteiger partial charge in [0.25, 0.3) is 23.6 Å². The molecule has 2 aliphatic rings. The Morgan fingerprint density at radius 2 is 0.987 bits per heavy atom. The number of amides is 7. The molecule has 0 bridgehead atoms. The zero-order valence-electron chi connectivity index (χ0n) is 40.5. The molecule has 2 heterocycles. The summed E-state index contributed by atoms with van der Waals surface area (Å²) in [5.74, 6) is -4.86. The first-order valence-corrected chi connectivity index (χ1v) is 23.8. The van der Waals surface area contributed by atoms with E-state index in [1.165, 1.54) is 14.7 Å². The van der Waals surface area contributed by atoms with E-state index >= 15 is 0 Å². The van der Waals surface area contributed by atoms with Gasteiger partial charge in [0.15, 0.2) is 0 Å². The van der Waals surface area contributed by atoms with E-state index in [1.54, 1.807) is 84.9 Å². The molecule has 19 nitrogen and oxygen atoms in total. The van der Waals surface area contributed by atoms with Crippen LogP contribution in [0.15, 0.2) is 164 Å². The van der Waals surface area contributed by atoms with Crippen molar-refractivity contribution in [2.24, 2.45) is 0 Å². The predicted octanol–water partition coefficient (Wildman–Crippen LogP) is 4.80. The Bertz CT molecular complexity index is 3360. The summed E-state index contributed by atoms with van der Waals surface area (Å²) < 4.78 is 5.42. The van der Waals surface area contributed by atoms with E-state index < -0.39 is 72.6 Å². The van der Waals surface area contributed by atoms with Crippen LogP contribution in [0.4, 0.5) is 22.7 Å². The number of hydrogen-bond acceptors (Lipinski definition) is 11. The van der Waals surface area contributed by atoms with Crippen LogP contribution in [0.3, 0.4) is 0 Å².